The number of rotatable bonds is 2. The third-order valence-electron chi connectivity index (χ3n) is 1.96. The van der Waals surface area contributed by atoms with Crippen molar-refractivity contribution in [2.75, 3.05) is 17.6 Å². The molecule has 2 rings (SSSR count). The summed E-state index contributed by atoms with van der Waals surface area (Å²) in [7, 11) is 0. The van der Waals surface area contributed by atoms with Gasteiger partial charge in [0.2, 0.25) is 0 Å². The fraction of sp³-hybridized carbons (Fsp3) is 0.222. The maximum absolute atomic E-state index is 10.9. The number of H-pyrrole nitrogens is 1. The number of benzene rings is 1. The van der Waals surface area contributed by atoms with E-state index in [9.17, 15) is 4.79 Å². The highest BCUT2D eigenvalue weighted by atomic mass is 16.4. The molecule has 0 aliphatic carbocycles. The fourth-order valence-corrected chi connectivity index (χ4v) is 1.36. The van der Waals surface area contributed by atoms with Crippen molar-refractivity contribution in [2.24, 2.45) is 0 Å². The Kier molecular flexibility index (Phi) is 1.92. The number of hydrogen-bond acceptors (Lipinski definition) is 4. The zero-order chi connectivity index (χ0) is 10.1. The van der Waals surface area contributed by atoms with Crippen LogP contribution in [0.25, 0.3) is 11.1 Å². The molecule has 0 amide bonds. The van der Waals surface area contributed by atoms with Crippen molar-refractivity contribution in [1.82, 2.24) is 4.98 Å². The third-order valence-corrected chi connectivity index (χ3v) is 1.96. The highest BCUT2D eigenvalue weighted by Gasteiger charge is 2.05. The van der Waals surface area contributed by atoms with Crippen LogP contribution >= 0.6 is 0 Å². The van der Waals surface area contributed by atoms with Crippen molar-refractivity contribution in [3.05, 3.63) is 22.7 Å². The van der Waals surface area contributed by atoms with E-state index < -0.39 is 5.76 Å². The molecule has 5 nitrogen and oxygen atoms in total. The van der Waals surface area contributed by atoms with E-state index in [1.807, 2.05) is 6.92 Å². The lowest BCUT2D eigenvalue weighted by atomic mass is 10.2. The van der Waals surface area contributed by atoms with Gasteiger partial charge in [-0.15, -0.1) is 0 Å². The topological polar surface area (TPSA) is 84.0 Å². The predicted molar refractivity (Wildman–Crippen MR) is 55.4 cm³/mol. The average molecular weight is 193 g/mol. The summed E-state index contributed by atoms with van der Waals surface area (Å²) in [6, 6.07) is 3.39. The number of oxazole rings is 1. The van der Waals surface area contributed by atoms with Crippen LogP contribution in [-0.2, 0) is 0 Å². The first-order valence-corrected chi connectivity index (χ1v) is 4.37. The highest BCUT2D eigenvalue weighted by Crippen LogP contribution is 2.23. The Labute approximate surface area is 79.9 Å². The molecule has 1 aromatic heterocycles. The summed E-state index contributed by atoms with van der Waals surface area (Å²) < 4.78 is 4.86. The van der Waals surface area contributed by atoms with Crippen LogP contribution in [0.5, 0.6) is 0 Å². The van der Waals surface area contributed by atoms with E-state index in [0.29, 0.717) is 16.8 Å². The first kappa shape index (κ1) is 8.68. The van der Waals surface area contributed by atoms with Gasteiger partial charge in [0.15, 0.2) is 5.58 Å². The van der Waals surface area contributed by atoms with Gasteiger partial charge in [0.1, 0.15) is 0 Å². The summed E-state index contributed by atoms with van der Waals surface area (Å²) in [5.41, 5.74) is 8.25. The van der Waals surface area contributed by atoms with E-state index in [0.717, 1.165) is 12.2 Å². The summed E-state index contributed by atoms with van der Waals surface area (Å²) in [4.78, 5) is 13.5. The molecule has 2 aromatic rings. The van der Waals surface area contributed by atoms with Crippen molar-refractivity contribution in [2.45, 2.75) is 6.92 Å². The minimum Gasteiger partial charge on any atom is -0.408 e. The van der Waals surface area contributed by atoms with E-state index in [2.05, 4.69) is 10.3 Å². The number of hydrogen-bond donors (Lipinski definition) is 3. The molecule has 14 heavy (non-hydrogen) atoms. The van der Waals surface area contributed by atoms with Gasteiger partial charge in [-0.25, -0.2) is 4.79 Å². The number of aromatic nitrogens is 1. The normalized spacial score (nSPS) is 10.6. The van der Waals surface area contributed by atoms with E-state index in [-0.39, 0.29) is 0 Å². The second-order valence-electron chi connectivity index (χ2n) is 2.98. The Bertz CT molecular complexity index is 512. The average Bonchev–Trinajstić information content (AvgIpc) is 2.45. The monoisotopic (exact) mass is 193 g/mol. The summed E-state index contributed by atoms with van der Waals surface area (Å²) in [6.45, 7) is 2.75. The molecule has 0 aliphatic heterocycles. The highest BCUT2D eigenvalue weighted by molar-refractivity contribution is 5.85. The summed E-state index contributed by atoms with van der Waals surface area (Å²) in [5, 5.41) is 3.09. The Morgan fingerprint density at radius 3 is 3.07 bits per heavy atom. The van der Waals surface area contributed by atoms with Crippen molar-refractivity contribution in [3.63, 3.8) is 0 Å². The quantitative estimate of drug-likeness (QED) is 0.624. The molecule has 0 atom stereocenters. The SMILES string of the molecule is CCNc1cc2[nH]c(=O)oc2cc1N. The van der Waals surface area contributed by atoms with Gasteiger partial charge < -0.3 is 15.5 Å². The number of nitrogens with one attached hydrogen (secondary N) is 2. The maximum Gasteiger partial charge on any atom is 0.417 e. The maximum atomic E-state index is 10.9. The molecule has 5 heteroatoms. The number of nitrogen functional groups attached to an aromatic ring is 1. The molecular weight excluding hydrogens is 182 g/mol. The first-order chi connectivity index (χ1) is 6.70. The second kappa shape index (κ2) is 3.10. The predicted octanol–water partition coefficient (Wildman–Crippen LogP) is 1.14. The van der Waals surface area contributed by atoms with Gasteiger partial charge in [0.25, 0.3) is 0 Å². The molecule has 0 bridgehead atoms. The lowest BCUT2D eigenvalue weighted by molar-refractivity contribution is 0.555. The van der Waals surface area contributed by atoms with Crippen LogP contribution < -0.4 is 16.8 Å². The second-order valence-corrected chi connectivity index (χ2v) is 2.98. The number of aromatic amines is 1. The van der Waals surface area contributed by atoms with Gasteiger partial charge in [-0.05, 0) is 13.0 Å². The zero-order valence-corrected chi connectivity index (χ0v) is 7.76. The molecule has 4 N–H and O–H groups in total. The van der Waals surface area contributed by atoms with Crippen molar-refractivity contribution in [1.29, 1.82) is 0 Å². The number of fused-ring (bicyclic) bond motifs is 1. The Balaban J connectivity index is 2.63. The van der Waals surface area contributed by atoms with Crippen LogP contribution in [0.4, 0.5) is 11.4 Å². The van der Waals surface area contributed by atoms with Crippen LogP contribution in [0.15, 0.2) is 21.3 Å². The molecule has 0 unspecified atom stereocenters. The first-order valence-electron chi connectivity index (χ1n) is 4.37. The lowest BCUT2D eigenvalue weighted by Gasteiger charge is -2.05. The molecule has 0 aliphatic rings. The lowest BCUT2D eigenvalue weighted by Crippen LogP contribution is -2.00. The molecule has 0 fully saturated rings. The molecule has 1 heterocycles. The van der Waals surface area contributed by atoms with Crippen molar-refractivity contribution < 1.29 is 4.42 Å². The summed E-state index contributed by atoms with van der Waals surface area (Å²) >= 11 is 0. The molecule has 0 radical (unpaired) electrons. The van der Waals surface area contributed by atoms with Gasteiger partial charge >= 0.3 is 5.76 Å². The van der Waals surface area contributed by atoms with E-state index in [1.165, 1.54) is 0 Å². The van der Waals surface area contributed by atoms with Gasteiger partial charge in [-0.2, -0.15) is 0 Å². The molecule has 0 spiro atoms. The van der Waals surface area contributed by atoms with Crippen molar-refractivity contribution in [3.8, 4) is 0 Å². The van der Waals surface area contributed by atoms with Crippen LogP contribution in [-0.4, -0.2) is 11.5 Å². The largest absolute Gasteiger partial charge is 0.417 e. The molecule has 0 saturated carbocycles. The smallest absolute Gasteiger partial charge is 0.408 e. The van der Waals surface area contributed by atoms with Gasteiger partial charge in [0.05, 0.1) is 16.9 Å². The Morgan fingerprint density at radius 2 is 2.36 bits per heavy atom. The number of nitrogens with two attached hydrogens (primary N) is 1. The van der Waals surface area contributed by atoms with Crippen LogP contribution in [0.1, 0.15) is 6.92 Å². The van der Waals surface area contributed by atoms with Crippen LogP contribution in [0, 0.1) is 0 Å². The zero-order valence-electron chi connectivity index (χ0n) is 7.76. The summed E-state index contributed by atoms with van der Waals surface area (Å²) in [6.07, 6.45) is 0. The number of anilines is 2. The van der Waals surface area contributed by atoms with Gasteiger partial charge in [0, 0.05) is 12.6 Å². The molecular formula is C9H11N3O2. The summed E-state index contributed by atoms with van der Waals surface area (Å²) in [5.74, 6) is -0.465. The van der Waals surface area contributed by atoms with Gasteiger partial charge in [-0.3, -0.25) is 4.98 Å². The van der Waals surface area contributed by atoms with E-state index >= 15 is 0 Å². The third kappa shape index (κ3) is 1.32. The van der Waals surface area contributed by atoms with Crippen molar-refractivity contribution >= 4 is 22.5 Å². The standard InChI is InChI=1S/C9H11N3O2/c1-2-11-6-4-7-8(3-5(6)10)14-9(13)12-7/h3-4,11H,2,10H2,1H3,(H,12,13). The molecule has 1 aromatic carbocycles. The fourth-order valence-electron chi connectivity index (χ4n) is 1.36. The Morgan fingerprint density at radius 1 is 1.57 bits per heavy atom. The van der Waals surface area contributed by atoms with Crippen LogP contribution in [0.3, 0.4) is 0 Å². The minimum absolute atomic E-state index is 0.465. The van der Waals surface area contributed by atoms with Crippen LogP contribution in [0.2, 0.25) is 0 Å². The Hall–Kier alpha value is -1.91. The van der Waals surface area contributed by atoms with E-state index in [4.69, 9.17) is 10.2 Å². The molecule has 0 saturated heterocycles. The van der Waals surface area contributed by atoms with E-state index in [1.54, 1.807) is 12.1 Å². The minimum atomic E-state index is -0.465. The molecule has 74 valence electrons. The van der Waals surface area contributed by atoms with Gasteiger partial charge in [-0.1, -0.05) is 0 Å².